The quantitative estimate of drug-likeness (QED) is 0.715. The molecule has 7 heteroatoms. The van der Waals surface area contributed by atoms with Gasteiger partial charge in [0.25, 0.3) is 5.91 Å². The van der Waals surface area contributed by atoms with E-state index in [9.17, 15) is 4.79 Å². The van der Waals surface area contributed by atoms with Crippen LogP contribution in [-0.2, 0) is 6.54 Å². The van der Waals surface area contributed by atoms with Crippen molar-refractivity contribution in [3.63, 3.8) is 0 Å². The normalized spacial score (nSPS) is 13.8. The van der Waals surface area contributed by atoms with Gasteiger partial charge >= 0.3 is 0 Å². The first-order valence-corrected chi connectivity index (χ1v) is 8.33. The minimum atomic E-state index is 0.0180. The number of carbonyl (C=O) groups is 1. The number of aromatic nitrogens is 4. The van der Waals surface area contributed by atoms with Crippen LogP contribution in [0.2, 0.25) is 0 Å². The molecule has 0 saturated heterocycles. The summed E-state index contributed by atoms with van der Waals surface area (Å²) >= 11 is 0. The molecule has 1 aliphatic carbocycles. The van der Waals surface area contributed by atoms with E-state index in [-0.39, 0.29) is 11.9 Å². The molecule has 3 aromatic rings. The third-order valence-corrected chi connectivity index (χ3v) is 4.54. The number of aryl methyl sites for hydroxylation is 2. The molecule has 1 saturated carbocycles. The maximum absolute atomic E-state index is 13.1. The van der Waals surface area contributed by atoms with E-state index in [1.54, 1.807) is 17.1 Å². The Morgan fingerprint density at radius 1 is 1.36 bits per heavy atom. The van der Waals surface area contributed by atoms with E-state index in [0.29, 0.717) is 12.1 Å². The summed E-state index contributed by atoms with van der Waals surface area (Å²) in [6.45, 7) is 4.32. The van der Waals surface area contributed by atoms with E-state index in [1.165, 1.54) is 0 Å². The molecule has 128 valence electrons. The Morgan fingerprint density at radius 3 is 2.84 bits per heavy atom. The monoisotopic (exact) mass is 337 g/mol. The van der Waals surface area contributed by atoms with E-state index < -0.39 is 0 Å². The van der Waals surface area contributed by atoms with Gasteiger partial charge in [-0.1, -0.05) is 16.4 Å². The minimum Gasteiger partial charge on any atom is -0.361 e. The maximum Gasteiger partial charge on any atom is 0.254 e. The van der Waals surface area contributed by atoms with Crippen LogP contribution in [0.5, 0.6) is 0 Å². The van der Waals surface area contributed by atoms with Gasteiger partial charge in [-0.25, -0.2) is 4.68 Å². The molecule has 1 aromatic carbocycles. The second-order valence-corrected chi connectivity index (χ2v) is 6.36. The fourth-order valence-corrected chi connectivity index (χ4v) is 2.94. The predicted molar refractivity (Wildman–Crippen MR) is 90.2 cm³/mol. The van der Waals surface area contributed by atoms with Gasteiger partial charge < -0.3 is 9.42 Å². The molecule has 4 rings (SSSR count). The van der Waals surface area contributed by atoms with Gasteiger partial charge in [-0.2, -0.15) is 0 Å². The summed E-state index contributed by atoms with van der Waals surface area (Å²) in [6.07, 6.45) is 5.45. The van der Waals surface area contributed by atoms with Crippen LogP contribution in [0.25, 0.3) is 5.69 Å². The second kappa shape index (κ2) is 6.16. The fraction of sp³-hybridized carbons (Fsp3) is 0.333. The Hall–Kier alpha value is -2.96. The molecular formula is C18H19N5O2. The summed E-state index contributed by atoms with van der Waals surface area (Å²) in [5, 5.41) is 11.8. The Kier molecular flexibility index (Phi) is 3.83. The lowest BCUT2D eigenvalue weighted by atomic mass is 10.1. The minimum absolute atomic E-state index is 0.0180. The third kappa shape index (κ3) is 3.05. The average molecular weight is 337 g/mol. The van der Waals surface area contributed by atoms with E-state index in [1.807, 2.05) is 43.0 Å². The van der Waals surface area contributed by atoms with Gasteiger partial charge in [0.1, 0.15) is 5.76 Å². The number of hydrogen-bond acceptors (Lipinski definition) is 5. The lowest BCUT2D eigenvalue weighted by Gasteiger charge is -2.22. The highest BCUT2D eigenvalue weighted by Crippen LogP contribution is 2.31. The molecule has 0 N–H and O–H groups in total. The molecule has 0 atom stereocenters. The van der Waals surface area contributed by atoms with Crippen molar-refractivity contribution in [1.29, 1.82) is 0 Å². The van der Waals surface area contributed by atoms with Crippen molar-refractivity contribution < 1.29 is 9.32 Å². The van der Waals surface area contributed by atoms with E-state index in [2.05, 4.69) is 15.5 Å². The highest BCUT2D eigenvalue weighted by atomic mass is 16.5. The molecular weight excluding hydrogens is 318 g/mol. The Labute approximate surface area is 145 Å². The molecule has 2 aromatic heterocycles. The molecule has 0 bridgehead atoms. The molecule has 0 radical (unpaired) electrons. The van der Waals surface area contributed by atoms with Crippen LogP contribution < -0.4 is 0 Å². The van der Waals surface area contributed by atoms with Crippen LogP contribution in [0.4, 0.5) is 0 Å². The summed E-state index contributed by atoms with van der Waals surface area (Å²) < 4.78 is 6.89. The Morgan fingerprint density at radius 2 is 2.20 bits per heavy atom. The van der Waals surface area contributed by atoms with Gasteiger partial charge in [-0.3, -0.25) is 4.79 Å². The molecule has 25 heavy (non-hydrogen) atoms. The Bertz CT molecular complexity index is 877. The summed E-state index contributed by atoms with van der Waals surface area (Å²) in [4.78, 5) is 15.1. The SMILES string of the molecule is Cc1noc(C)c1CN(C(=O)c1cccc(-n2ccnn2)c1)C1CC1. The van der Waals surface area contributed by atoms with E-state index in [4.69, 9.17) is 4.52 Å². The summed E-state index contributed by atoms with van der Waals surface area (Å²) in [6, 6.07) is 7.74. The molecule has 1 fully saturated rings. The number of benzene rings is 1. The standard InChI is InChI=1S/C18H19N5O2/c1-12-17(13(2)25-20-12)11-22(15-6-7-15)18(24)14-4-3-5-16(10-14)23-9-8-19-21-23/h3-5,8-10,15H,6-7,11H2,1-2H3. The highest BCUT2D eigenvalue weighted by molar-refractivity contribution is 5.95. The van der Waals surface area contributed by atoms with Crippen molar-refractivity contribution in [3.8, 4) is 5.69 Å². The van der Waals surface area contributed by atoms with Crippen molar-refractivity contribution >= 4 is 5.91 Å². The van der Waals surface area contributed by atoms with Crippen LogP contribution in [0.15, 0.2) is 41.2 Å². The van der Waals surface area contributed by atoms with E-state index >= 15 is 0 Å². The molecule has 1 amide bonds. The summed E-state index contributed by atoms with van der Waals surface area (Å²) in [7, 11) is 0. The van der Waals surface area contributed by atoms with Crippen molar-refractivity contribution in [2.75, 3.05) is 0 Å². The third-order valence-electron chi connectivity index (χ3n) is 4.54. The largest absolute Gasteiger partial charge is 0.361 e. The van der Waals surface area contributed by atoms with Crippen LogP contribution >= 0.6 is 0 Å². The lowest BCUT2D eigenvalue weighted by molar-refractivity contribution is 0.0729. The summed E-state index contributed by atoms with van der Waals surface area (Å²) in [5.74, 6) is 0.789. The average Bonchev–Trinajstić information content (AvgIpc) is 3.21. The maximum atomic E-state index is 13.1. The molecule has 7 nitrogen and oxygen atoms in total. The van der Waals surface area contributed by atoms with Gasteiger partial charge in [0.15, 0.2) is 0 Å². The van der Waals surface area contributed by atoms with Crippen LogP contribution in [0.1, 0.15) is 40.2 Å². The number of carbonyl (C=O) groups excluding carboxylic acids is 1. The van der Waals surface area contributed by atoms with Gasteiger partial charge in [0.2, 0.25) is 0 Å². The van der Waals surface area contributed by atoms with Crippen molar-refractivity contribution in [3.05, 3.63) is 59.2 Å². The number of amides is 1. The zero-order valence-electron chi connectivity index (χ0n) is 14.2. The fourth-order valence-electron chi connectivity index (χ4n) is 2.94. The number of nitrogens with zero attached hydrogens (tertiary/aromatic N) is 5. The number of rotatable bonds is 5. The molecule has 2 heterocycles. The zero-order chi connectivity index (χ0) is 17.4. The van der Waals surface area contributed by atoms with Crippen LogP contribution in [0.3, 0.4) is 0 Å². The predicted octanol–water partition coefficient (Wildman–Crippen LogP) is 2.68. The topological polar surface area (TPSA) is 77.0 Å². The zero-order valence-corrected chi connectivity index (χ0v) is 14.2. The lowest BCUT2D eigenvalue weighted by Crippen LogP contribution is -2.33. The van der Waals surface area contributed by atoms with Crippen molar-refractivity contribution in [2.45, 2.75) is 39.3 Å². The molecule has 1 aliphatic rings. The van der Waals surface area contributed by atoms with Gasteiger partial charge in [0, 0.05) is 17.2 Å². The van der Waals surface area contributed by atoms with Gasteiger partial charge in [-0.15, -0.1) is 5.10 Å². The first-order chi connectivity index (χ1) is 12.1. The van der Waals surface area contributed by atoms with Crippen LogP contribution in [0, 0.1) is 13.8 Å². The first kappa shape index (κ1) is 15.6. The van der Waals surface area contributed by atoms with Gasteiger partial charge in [-0.05, 0) is 44.9 Å². The Balaban J connectivity index is 1.62. The van der Waals surface area contributed by atoms with Gasteiger partial charge in [0.05, 0.1) is 30.3 Å². The first-order valence-electron chi connectivity index (χ1n) is 8.33. The number of hydrogen-bond donors (Lipinski definition) is 0. The van der Waals surface area contributed by atoms with Crippen LogP contribution in [-0.4, -0.2) is 37.0 Å². The smallest absolute Gasteiger partial charge is 0.254 e. The van der Waals surface area contributed by atoms with Crippen molar-refractivity contribution in [1.82, 2.24) is 25.1 Å². The second-order valence-electron chi connectivity index (χ2n) is 6.36. The van der Waals surface area contributed by atoms with Crippen molar-refractivity contribution in [2.24, 2.45) is 0 Å². The van der Waals surface area contributed by atoms with E-state index in [0.717, 1.165) is 35.5 Å². The molecule has 0 aliphatic heterocycles. The highest BCUT2D eigenvalue weighted by Gasteiger charge is 2.34. The summed E-state index contributed by atoms with van der Waals surface area (Å²) in [5.41, 5.74) is 3.29. The molecule has 0 unspecified atom stereocenters. The molecule has 0 spiro atoms.